The summed E-state index contributed by atoms with van der Waals surface area (Å²) in [4.78, 5) is 0. The van der Waals surface area contributed by atoms with E-state index in [9.17, 15) is 8.42 Å². The van der Waals surface area contributed by atoms with Gasteiger partial charge in [0.25, 0.3) is 10.1 Å². The van der Waals surface area contributed by atoms with E-state index in [1.165, 1.54) is 0 Å². The van der Waals surface area contributed by atoms with Crippen molar-refractivity contribution < 1.29 is 22.1 Å². The average Bonchev–Trinajstić information content (AvgIpc) is 2.49. The molecule has 0 aliphatic carbocycles. The van der Waals surface area contributed by atoms with Gasteiger partial charge in [-0.05, 0) is 12.0 Å². The molecule has 1 unspecified atom stereocenters. The third kappa shape index (κ3) is 9.89. The van der Waals surface area contributed by atoms with Gasteiger partial charge < -0.3 is 9.47 Å². The fraction of sp³-hybridized carbons (Fsp3) is 0.625. The molecule has 1 atom stereocenters. The first-order chi connectivity index (χ1) is 10.5. The second-order valence-corrected chi connectivity index (χ2v) is 6.81. The van der Waals surface area contributed by atoms with Crippen molar-refractivity contribution in [3.05, 3.63) is 35.9 Å². The van der Waals surface area contributed by atoms with Crippen molar-refractivity contribution in [1.82, 2.24) is 0 Å². The third-order valence-electron chi connectivity index (χ3n) is 3.04. The van der Waals surface area contributed by atoms with E-state index in [1.54, 1.807) is 0 Å². The topological polar surface area (TPSA) is 61.8 Å². The van der Waals surface area contributed by atoms with Crippen LogP contribution in [0.25, 0.3) is 0 Å². The van der Waals surface area contributed by atoms with Crippen LogP contribution in [0.5, 0.6) is 0 Å². The Kier molecular flexibility index (Phi) is 9.31. The van der Waals surface area contributed by atoms with Crippen molar-refractivity contribution in [2.45, 2.75) is 38.9 Å². The van der Waals surface area contributed by atoms with E-state index >= 15 is 0 Å². The van der Waals surface area contributed by atoms with Crippen molar-refractivity contribution in [3.63, 3.8) is 0 Å². The second-order valence-electron chi connectivity index (χ2n) is 5.16. The number of unbranched alkanes of at least 4 members (excludes halogenated alkanes) is 1. The molecular weight excluding hydrogens is 304 g/mol. The second kappa shape index (κ2) is 10.7. The molecule has 5 nitrogen and oxygen atoms in total. The van der Waals surface area contributed by atoms with Gasteiger partial charge in [-0.3, -0.25) is 4.18 Å². The third-order valence-corrected chi connectivity index (χ3v) is 3.60. The van der Waals surface area contributed by atoms with E-state index < -0.39 is 10.1 Å². The highest BCUT2D eigenvalue weighted by Crippen LogP contribution is 2.07. The first kappa shape index (κ1) is 19.1. The van der Waals surface area contributed by atoms with Gasteiger partial charge in [0.05, 0.1) is 38.8 Å². The Labute approximate surface area is 133 Å². The Hall–Kier alpha value is -0.950. The van der Waals surface area contributed by atoms with Crippen molar-refractivity contribution in [2.75, 3.05) is 26.1 Å². The van der Waals surface area contributed by atoms with Crippen LogP contribution in [0.2, 0.25) is 0 Å². The maximum atomic E-state index is 11.0. The lowest BCUT2D eigenvalue weighted by Crippen LogP contribution is -2.23. The number of benzene rings is 1. The molecule has 126 valence electrons. The van der Waals surface area contributed by atoms with E-state index in [2.05, 4.69) is 6.92 Å². The Morgan fingerprint density at radius 3 is 2.50 bits per heavy atom. The van der Waals surface area contributed by atoms with Crippen LogP contribution in [-0.4, -0.2) is 40.6 Å². The summed E-state index contributed by atoms with van der Waals surface area (Å²) in [6.45, 7) is 3.59. The number of rotatable bonds is 12. The number of hydrogen-bond acceptors (Lipinski definition) is 5. The van der Waals surface area contributed by atoms with Gasteiger partial charge in [-0.25, -0.2) is 0 Å². The Morgan fingerprint density at radius 1 is 1.14 bits per heavy atom. The lowest BCUT2D eigenvalue weighted by Gasteiger charge is -2.17. The zero-order chi connectivity index (χ0) is 16.3. The number of hydrogen-bond donors (Lipinski definition) is 0. The van der Waals surface area contributed by atoms with Gasteiger partial charge in [0, 0.05) is 0 Å². The van der Waals surface area contributed by atoms with Gasteiger partial charge in [-0.1, -0.05) is 50.1 Å². The molecule has 1 aromatic rings. The molecule has 1 rings (SSSR count). The summed E-state index contributed by atoms with van der Waals surface area (Å²) in [6.07, 6.45) is 3.62. The normalized spacial score (nSPS) is 13.2. The minimum Gasteiger partial charge on any atom is -0.374 e. The summed E-state index contributed by atoms with van der Waals surface area (Å²) in [6, 6.07) is 9.92. The van der Waals surface area contributed by atoms with Crippen LogP contribution in [0.15, 0.2) is 30.3 Å². The van der Waals surface area contributed by atoms with Crippen LogP contribution >= 0.6 is 0 Å². The summed E-state index contributed by atoms with van der Waals surface area (Å²) in [7, 11) is -3.43. The molecule has 0 aromatic heterocycles. The van der Waals surface area contributed by atoms with Crippen molar-refractivity contribution in [2.24, 2.45) is 0 Å². The van der Waals surface area contributed by atoms with Crippen LogP contribution < -0.4 is 0 Å². The lowest BCUT2D eigenvalue weighted by molar-refractivity contribution is -0.0206. The van der Waals surface area contributed by atoms with Crippen molar-refractivity contribution >= 4 is 10.1 Å². The molecule has 0 spiro atoms. The zero-order valence-corrected chi connectivity index (χ0v) is 14.2. The molecule has 0 radical (unpaired) electrons. The van der Waals surface area contributed by atoms with E-state index in [1.807, 2.05) is 30.3 Å². The molecule has 0 aliphatic rings. The molecule has 0 heterocycles. The van der Waals surface area contributed by atoms with E-state index in [0.717, 1.165) is 31.1 Å². The fourth-order valence-electron chi connectivity index (χ4n) is 1.88. The highest BCUT2D eigenvalue weighted by molar-refractivity contribution is 7.85. The Morgan fingerprint density at radius 2 is 1.86 bits per heavy atom. The van der Waals surface area contributed by atoms with Crippen molar-refractivity contribution in [3.8, 4) is 0 Å². The monoisotopic (exact) mass is 330 g/mol. The smallest absolute Gasteiger partial charge is 0.264 e. The molecule has 0 fully saturated rings. The first-order valence-electron chi connectivity index (χ1n) is 7.59. The van der Waals surface area contributed by atoms with Gasteiger partial charge >= 0.3 is 0 Å². The van der Waals surface area contributed by atoms with Crippen LogP contribution in [0, 0.1) is 0 Å². The molecule has 6 heteroatoms. The maximum Gasteiger partial charge on any atom is 0.264 e. The molecule has 0 N–H and O–H groups in total. The Balaban J connectivity index is 2.21. The van der Waals surface area contributed by atoms with Gasteiger partial charge in [0.2, 0.25) is 0 Å². The molecule has 22 heavy (non-hydrogen) atoms. The molecule has 0 amide bonds. The molecule has 0 bridgehead atoms. The standard InChI is InChI=1S/C16H26O5S/c1-3-4-10-16(14-21-22(2,17)18)20-12-11-19-13-15-8-6-5-7-9-15/h5-9,16H,3-4,10-14H2,1-2H3. The van der Waals surface area contributed by atoms with E-state index in [4.69, 9.17) is 13.7 Å². The average molecular weight is 330 g/mol. The summed E-state index contributed by atoms with van der Waals surface area (Å²) >= 11 is 0. The predicted molar refractivity (Wildman–Crippen MR) is 86.2 cm³/mol. The summed E-state index contributed by atoms with van der Waals surface area (Å²) < 4.78 is 38.1. The quantitative estimate of drug-likeness (QED) is 0.435. The zero-order valence-electron chi connectivity index (χ0n) is 13.4. The first-order valence-corrected chi connectivity index (χ1v) is 9.40. The summed E-state index contributed by atoms with van der Waals surface area (Å²) in [5.41, 5.74) is 1.12. The van der Waals surface area contributed by atoms with Crippen LogP contribution in [-0.2, 0) is 30.4 Å². The highest BCUT2D eigenvalue weighted by atomic mass is 32.2. The van der Waals surface area contributed by atoms with Crippen molar-refractivity contribution in [1.29, 1.82) is 0 Å². The van der Waals surface area contributed by atoms with Crippen LogP contribution in [0.3, 0.4) is 0 Å². The van der Waals surface area contributed by atoms with Crippen LogP contribution in [0.1, 0.15) is 31.7 Å². The Bertz CT molecular complexity index is 487. The van der Waals surface area contributed by atoms with E-state index in [-0.39, 0.29) is 12.7 Å². The van der Waals surface area contributed by atoms with Gasteiger partial charge in [-0.2, -0.15) is 8.42 Å². The SMILES string of the molecule is CCCCC(COS(C)(=O)=O)OCCOCc1ccccc1. The predicted octanol–water partition coefficient (Wildman–Crippen LogP) is 2.75. The van der Waals surface area contributed by atoms with Gasteiger partial charge in [0.15, 0.2) is 0 Å². The maximum absolute atomic E-state index is 11.0. The fourth-order valence-corrected chi connectivity index (χ4v) is 2.28. The molecular formula is C16H26O5S. The summed E-state index contributed by atoms with van der Waals surface area (Å²) in [5, 5.41) is 0. The number of ether oxygens (including phenoxy) is 2. The minimum atomic E-state index is -3.43. The lowest BCUT2D eigenvalue weighted by atomic mass is 10.2. The minimum absolute atomic E-state index is 0.0670. The van der Waals surface area contributed by atoms with E-state index in [0.29, 0.717) is 19.8 Å². The van der Waals surface area contributed by atoms with Gasteiger partial charge in [0.1, 0.15) is 0 Å². The molecule has 0 aliphatic heterocycles. The van der Waals surface area contributed by atoms with Gasteiger partial charge in [-0.15, -0.1) is 0 Å². The molecule has 1 aromatic carbocycles. The largest absolute Gasteiger partial charge is 0.374 e. The molecule has 0 saturated heterocycles. The highest BCUT2D eigenvalue weighted by Gasteiger charge is 2.12. The summed E-state index contributed by atoms with van der Waals surface area (Å²) in [5.74, 6) is 0. The van der Waals surface area contributed by atoms with Crippen LogP contribution in [0.4, 0.5) is 0 Å². The molecule has 0 saturated carbocycles.